The summed E-state index contributed by atoms with van der Waals surface area (Å²) in [5.74, 6) is 0.545. The van der Waals surface area contributed by atoms with Crippen LogP contribution < -0.4 is 14.4 Å². The zero-order valence-electron chi connectivity index (χ0n) is 16.2. The highest BCUT2D eigenvalue weighted by Gasteiger charge is 2.34. The van der Waals surface area contributed by atoms with Crippen molar-refractivity contribution in [3.63, 3.8) is 0 Å². The number of nitrogens with zero attached hydrogens (tertiary/aromatic N) is 1. The summed E-state index contributed by atoms with van der Waals surface area (Å²) in [7, 11) is -3.58. The summed E-state index contributed by atoms with van der Waals surface area (Å²) in [5.41, 5.74) is 0.680. The van der Waals surface area contributed by atoms with E-state index in [2.05, 4.69) is 5.32 Å². The van der Waals surface area contributed by atoms with Crippen molar-refractivity contribution in [3.8, 4) is 5.75 Å². The van der Waals surface area contributed by atoms with Crippen LogP contribution in [-0.4, -0.2) is 34.0 Å². The van der Waals surface area contributed by atoms with Gasteiger partial charge in [-0.05, 0) is 48.2 Å². The summed E-state index contributed by atoms with van der Waals surface area (Å²) in [6.07, 6.45) is 0.659. The van der Waals surface area contributed by atoms with E-state index in [1.54, 1.807) is 36.4 Å². The molecule has 0 atom stereocenters. The summed E-state index contributed by atoms with van der Waals surface area (Å²) in [5, 5.41) is 5.07. The Morgan fingerprint density at radius 2 is 1.77 bits per heavy atom. The molecule has 8 heteroatoms. The zero-order valence-corrected chi connectivity index (χ0v) is 17.7. The van der Waals surface area contributed by atoms with Gasteiger partial charge in [0.15, 0.2) is 0 Å². The van der Waals surface area contributed by atoms with Crippen LogP contribution in [0.4, 0.5) is 5.69 Å². The molecular weight excluding hydrogens is 424 g/mol. The standard InChI is InChI=1S/C22H21ClN2O4S/c23-17-9-11-18(12-10-17)29-15-13-24-21(26)8-3-14-25-19-6-1-4-16-5-2-7-20(22(16)19)30(25,27)28/h1-2,4-7,9-12H,3,8,13-15H2,(H,24,26). The van der Waals surface area contributed by atoms with Gasteiger partial charge in [-0.15, -0.1) is 0 Å². The monoisotopic (exact) mass is 444 g/mol. The third-order valence-electron chi connectivity index (χ3n) is 4.95. The molecule has 0 unspecified atom stereocenters. The molecule has 1 amide bonds. The van der Waals surface area contributed by atoms with E-state index in [-0.39, 0.29) is 18.9 Å². The lowest BCUT2D eigenvalue weighted by Crippen LogP contribution is -2.31. The van der Waals surface area contributed by atoms with Gasteiger partial charge >= 0.3 is 0 Å². The van der Waals surface area contributed by atoms with Crippen LogP contribution >= 0.6 is 11.6 Å². The van der Waals surface area contributed by atoms with E-state index in [1.807, 2.05) is 24.3 Å². The molecule has 3 aromatic rings. The number of nitrogens with one attached hydrogen (secondary N) is 1. The number of anilines is 1. The topological polar surface area (TPSA) is 75.7 Å². The van der Waals surface area contributed by atoms with Gasteiger partial charge in [0.2, 0.25) is 5.91 Å². The van der Waals surface area contributed by atoms with Crippen LogP contribution in [0.3, 0.4) is 0 Å². The molecule has 0 bridgehead atoms. The van der Waals surface area contributed by atoms with Crippen LogP contribution in [0.5, 0.6) is 5.75 Å². The maximum Gasteiger partial charge on any atom is 0.265 e. The number of ether oxygens (including phenoxy) is 1. The molecule has 1 N–H and O–H groups in total. The van der Waals surface area contributed by atoms with Gasteiger partial charge in [0, 0.05) is 23.4 Å². The third kappa shape index (κ3) is 4.08. The third-order valence-corrected chi connectivity index (χ3v) is 7.06. The van der Waals surface area contributed by atoms with Crippen LogP contribution in [0.15, 0.2) is 65.6 Å². The Morgan fingerprint density at radius 3 is 2.53 bits per heavy atom. The van der Waals surface area contributed by atoms with Crippen LogP contribution in [0, 0.1) is 0 Å². The van der Waals surface area contributed by atoms with E-state index in [4.69, 9.17) is 16.3 Å². The summed E-state index contributed by atoms with van der Waals surface area (Å²) in [4.78, 5) is 12.4. The summed E-state index contributed by atoms with van der Waals surface area (Å²) >= 11 is 5.82. The molecule has 0 radical (unpaired) electrons. The molecule has 6 nitrogen and oxygen atoms in total. The van der Waals surface area contributed by atoms with Gasteiger partial charge in [-0.2, -0.15) is 0 Å². The molecule has 1 heterocycles. The minimum Gasteiger partial charge on any atom is -0.492 e. The fourth-order valence-corrected chi connectivity index (χ4v) is 5.44. The molecule has 1 aliphatic rings. The fraction of sp³-hybridized carbons (Fsp3) is 0.227. The van der Waals surface area contributed by atoms with Crippen molar-refractivity contribution in [3.05, 3.63) is 65.7 Å². The number of halogens is 1. The van der Waals surface area contributed by atoms with Crippen molar-refractivity contribution in [2.24, 2.45) is 0 Å². The number of carbonyl (C=O) groups is 1. The fourth-order valence-electron chi connectivity index (χ4n) is 3.56. The number of sulfonamides is 1. The zero-order chi connectivity index (χ0) is 21.1. The first-order chi connectivity index (χ1) is 14.5. The molecular formula is C22H21ClN2O4S. The molecule has 4 rings (SSSR count). The largest absolute Gasteiger partial charge is 0.492 e. The average Bonchev–Trinajstić information content (AvgIpc) is 2.96. The highest BCUT2D eigenvalue weighted by molar-refractivity contribution is 7.93. The van der Waals surface area contributed by atoms with Gasteiger partial charge in [0.05, 0.1) is 17.1 Å². The Kier molecular flexibility index (Phi) is 5.83. The molecule has 156 valence electrons. The van der Waals surface area contributed by atoms with E-state index in [0.717, 1.165) is 10.8 Å². The molecule has 0 spiro atoms. The number of hydrogen-bond acceptors (Lipinski definition) is 4. The van der Waals surface area contributed by atoms with E-state index in [1.165, 1.54) is 4.31 Å². The van der Waals surface area contributed by atoms with Crippen LogP contribution in [0.2, 0.25) is 5.02 Å². The molecule has 30 heavy (non-hydrogen) atoms. The van der Waals surface area contributed by atoms with Crippen molar-refractivity contribution in [2.45, 2.75) is 17.7 Å². The number of amides is 1. The van der Waals surface area contributed by atoms with Gasteiger partial charge in [0.25, 0.3) is 10.0 Å². The van der Waals surface area contributed by atoms with Crippen molar-refractivity contribution in [1.82, 2.24) is 5.32 Å². The van der Waals surface area contributed by atoms with Crippen molar-refractivity contribution in [1.29, 1.82) is 0 Å². The van der Waals surface area contributed by atoms with Gasteiger partial charge < -0.3 is 10.1 Å². The van der Waals surface area contributed by atoms with Gasteiger partial charge in [-0.1, -0.05) is 35.9 Å². The Labute approximate surface area is 180 Å². The molecule has 0 fully saturated rings. The van der Waals surface area contributed by atoms with E-state index in [0.29, 0.717) is 40.9 Å². The number of hydrogen-bond donors (Lipinski definition) is 1. The molecule has 1 aliphatic heterocycles. The summed E-state index contributed by atoms with van der Waals surface area (Å²) in [6, 6.07) is 17.9. The van der Waals surface area contributed by atoms with Crippen molar-refractivity contribution < 1.29 is 17.9 Å². The van der Waals surface area contributed by atoms with Crippen molar-refractivity contribution >= 4 is 44.0 Å². The minimum atomic E-state index is -3.58. The lowest BCUT2D eigenvalue weighted by atomic mass is 10.1. The number of carbonyl (C=O) groups excluding carboxylic acids is 1. The van der Waals surface area contributed by atoms with Gasteiger partial charge in [0.1, 0.15) is 12.4 Å². The highest BCUT2D eigenvalue weighted by Crippen LogP contribution is 2.41. The van der Waals surface area contributed by atoms with Crippen LogP contribution in [0.25, 0.3) is 10.8 Å². The lowest BCUT2D eigenvalue weighted by molar-refractivity contribution is -0.121. The van der Waals surface area contributed by atoms with Gasteiger partial charge in [-0.3, -0.25) is 9.10 Å². The van der Waals surface area contributed by atoms with E-state index >= 15 is 0 Å². The van der Waals surface area contributed by atoms with Gasteiger partial charge in [-0.25, -0.2) is 8.42 Å². The van der Waals surface area contributed by atoms with E-state index in [9.17, 15) is 13.2 Å². The quantitative estimate of drug-likeness (QED) is 0.533. The molecule has 0 aromatic heterocycles. The normalized spacial score (nSPS) is 14.1. The first-order valence-electron chi connectivity index (χ1n) is 9.66. The van der Waals surface area contributed by atoms with Crippen LogP contribution in [-0.2, 0) is 14.8 Å². The molecule has 0 saturated heterocycles. The average molecular weight is 445 g/mol. The first kappa shape index (κ1) is 20.5. The molecule has 3 aromatic carbocycles. The summed E-state index contributed by atoms with van der Waals surface area (Å²) in [6.45, 7) is 0.963. The van der Waals surface area contributed by atoms with Crippen LogP contribution in [0.1, 0.15) is 12.8 Å². The Balaban J connectivity index is 1.27. The van der Waals surface area contributed by atoms with Crippen molar-refractivity contribution in [2.75, 3.05) is 24.0 Å². The second kappa shape index (κ2) is 8.53. The molecule has 0 aliphatic carbocycles. The second-order valence-electron chi connectivity index (χ2n) is 6.96. The van der Waals surface area contributed by atoms with E-state index < -0.39 is 10.0 Å². The minimum absolute atomic E-state index is 0.137. The number of benzene rings is 3. The maximum absolute atomic E-state index is 12.9. The smallest absolute Gasteiger partial charge is 0.265 e. The summed E-state index contributed by atoms with van der Waals surface area (Å²) < 4.78 is 32.8. The first-order valence-corrected chi connectivity index (χ1v) is 11.5. The Hall–Kier alpha value is -2.77. The Morgan fingerprint density at radius 1 is 1.03 bits per heavy atom. The highest BCUT2D eigenvalue weighted by atomic mass is 35.5. The SMILES string of the molecule is O=C(CCCN1c2cccc3cccc(c23)S1(=O)=O)NCCOc1ccc(Cl)cc1. The predicted molar refractivity (Wildman–Crippen MR) is 118 cm³/mol. The number of rotatable bonds is 8. The predicted octanol–water partition coefficient (Wildman–Crippen LogP) is 3.98. The maximum atomic E-state index is 12.9. The second-order valence-corrected chi connectivity index (χ2v) is 9.23. The lowest BCUT2D eigenvalue weighted by Gasteiger charge is -2.18. The molecule has 0 saturated carbocycles. The Bertz CT molecular complexity index is 1170.